The van der Waals surface area contributed by atoms with Crippen molar-refractivity contribution in [2.45, 2.75) is 44.0 Å². The number of hydrogen-bond donors (Lipinski definition) is 1. The second-order valence-corrected chi connectivity index (χ2v) is 10.4. The standard InChI is InChI=1S/C23H29ClN4O4S/c1-5-6-13-28-20-9-8-17(33(30,31)27(2)3)15-19(20)26-22(28)11-12-23(29)25-16-7-10-21(32-4)18(24)14-16/h7-10,14-15H,5-6,11-13H2,1-4H3,(H,25,29). The van der Waals surface area contributed by atoms with Gasteiger partial charge in [0, 0.05) is 39.2 Å². The molecule has 0 bridgehead atoms. The summed E-state index contributed by atoms with van der Waals surface area (Å²) < 4.78 is 33.4. The third-order valence-electron chi connectivity index (χ3n) is 5.32. The molecule has 3 rings (SSSR count). The van der Waals surface area contributed by atoms with Gasteiger partial charge in [-0.15, -0.1) is 0 Å². The predicted octanol–water partition coefficient (Wildman–Crippen LogP) is 4.32. The van der Waals surface area contributed by atoms with Crippen molar-refractivity contribution in [1.29, 1.82) is 0 Å². The first-order valence-electron chi connectivity index (χ1n) is 10.7. The second-order valence-electron chi connectivity index (χ2n) is 7.87. The number of halogens is 1. The number of benzene rings is 2. The van der Waals surface area contributed by atoms with E-state index in [1.807, 2.05) is 0 Å². The first-order valence-corrected chi connectivity index (χ1v) is 12.5. The van der Waals surface area contributed by atoms with E-state index in [0.29, 0.717) is 28.4 Å². The lowest BCUT2D eigenvalue weighted by Gasteiger charge is -2.12. The number of ether oxygens (including phenoxy) is 1. The fourth-order valence-corrected chi connectivity index (χ4v) is 4.66. The molecule has 8 nitrogen and oxygen atoms in total. The summed E-state index contributed by atoms with van der Waals surface area (Å²) in [6, 6.07) is 10.0. The van der Waals surface area contributed by atoms with E-state index in [0.717, 1.165) is 30.7 Å². The highest BCUT2D eigenvalue weighted by atomic mass is 35.5. The molecular weight excluding hydrogens is 464 g/mol. The zero-order valence-electron chi connectivity index (χ0n) is 19.3. The molecule has 0 fully saturated rings. The third-order valence-corrected chi connectivity index (χ3v) is 7.43. The summed E-state index contributed by atoms with van der Waals surface area (Å²) >= 11 is 6.13. The maximum Gasteiger partial charge on any atom is 0.242 e. The summed E-state index contributed by atoms with van der Waals surface area (Å²) in [5.41, 5.74) is 2.05. The maximum absolute atomic E-state index is 12.5. The van der Waals surface area contributed by atoms with Gasteiger partial charge in [0.05, 0.1) is 28.1 Å². The van der Waals surface area contributed by atoms with Gasteiger partial charge in [-0.25, -0.2) is 17.7 Å². The lowest BCUT2D eigenvalue weighted by molar-refractivity contribution is -0.116. The van der Waals surface area contributed by atoms with Gasteiger partial charge in [0.2, 0.25) is 15.9 Å². The summed E-state index contributed by atoms with van der Waals surface area (Å²) in [5.74, 6) is 1.12. The Labute approximate surface area is 199 Å². The van der Waals surface area contributed by atoms with Crippen molar-refractivity contribution in [1.82, 2.24) is 13.9 Å². The van der Waals surface area contributed by atoms with Crippen molar-refractivity contribution < 1.29 is 17.9 Å². The Bertz CT molecular complexity index is 1250. The van der Waals surface area contributed by atoms with E-state index in [-0.39, 0.29) is 17.2 Å². The van der Waals surface area contributed by atoms with Gasteiger partial charge in [0.15, 0.2) is 0 Å². The number of amides is 1. The van der Waals surface area contributed by atoms with Crippen LogP contribution < -0.4 is 10.1 Å². The van der Waals surface area contributed by atoms with Crippen LogP contribution in [0.5, 0.6) is 5.75 Å². The zero-order valence-corrected chi connectivity index (χ0v) is 20.8. The number of methoxy groups -OCH3 is 1. The molecule has 33 heavy (non-hydrogen) atoms. The largest absolute Gasteiger partial charge is 0.495 e. The molecule has 0 aliphatic carbocycles. The lowest BCUT2D eigenvalue weighted by Crippen LogP contribution is -2.22. The number of aryl methyl sites for hydroxylation is 2. The number of hydrogen-bond acceptors (Lipinski definition) is 5. The zero-order chi connectivity index (χ0) is 24.2. The van der Waals surface area contributed by atoms with Gasteiger partial charge in [-0.3, -0.25) is 4.79 Å². The molecule has 0 radical (unpaired) electrons. The molecule has 178 valence electrons. The Balaban J connectivity index is 1.82. The van der Waals surface area contributed by atoms with Crippen LogP contribution in [0.25, 0.3) is 11.0 Å². The van der Waals surface area contributed by atoms with E-state index >= 15 is 0 Å². The van der Waals surface area contributed by atoms with Crippen LogP contribution in [0.3, 0.4) is 0 Å². The first-order chi connectivity index (χ1) is 15.7. The van der Waals surface area contributed by atoms with E-state index in [1.54, 1.807) is 36.4 Å². The summed E-state index contributed by atoms with van der Waals surface area (Å²) in [6.45, 7) is 2.85. The minimum absolute atomic E-state index is 0.166. The number of nitrogens with one attached hydrogen (secondary N) is 1. The smallest absolute Gasteiger partial charge is 0.242 e. The highest BCUT2D eigenvalue weighted by Gasteiger charge is 2.20. The average Bonchev–Trinajstić information content (AvgIpc) is 3.12. The van der Waals surface area contributed by atoms with Gasteiger partial charge in [-0.1, -0.05) is 24.9 Å². The van der Waals surface area contributed by atoms with Crippen LogP contribution in [0, 0.1) is 0 Å². The number of nitrogens with zero attached hydrogens (tertiary/aromatic N) is 3. The molecule has 0 spiro atoms. The number of sulfonamides is 1. The Hall–Kier alpha value is -2.62. The summed E-state index contributed by atoms with van der Waals surface area (Å²) in [5, 5.41) is 3.26. The molecule has 10 heteroatoms. The van der Waals surface area contributed by atoms with Gasteiger partial charge in [-0.05, 0) is 42.8 Å². The van der Waals surface area contributed by atoms with Crippen molar-refractivity contribution in [3.63, 3.8) is 0 Å². The fraction of sp³-hybridized carbons (Fsp3) is 0.391. The van der Waals surface area contributed by atoms with Crippen LogP contribution in [0.2, 0.25) is 5.02 Å². The normalized spacial score (nSPS) is 11.8. The number of rotatable bonds is 10. The quantitative estimate of drug-likeness (QED) is 0.455. The molecule has 0 unspecified atom stereocenters. The van der Waals surface area contributed by atoms with Crippen LogP contribution in [0.15, 0.2) is 41.3 Å². The van der Waals surface area contributed by atoms with E-state index in [4.69, 9.17) is 16.3 Å². The van der Waals surface area contributed by atoms with Gasteiger partial charge in [0.1, 0.15) is 11.6 Å². The summed E-state index contributed by atoms with van der Waals surface area (Å²) in [7, 11) is 0.972. The molecule has 1 amide bonds. The Morgan fingerprint density at radius 3 is 2.61 bits per heavy atom. The molecule has 0 atom stereocenters. The molecule has 3 aromatic rings. The van der Waals surface area contributed by atoms with E-state index in [9.17, 15) is 13.2 Å². The molecule has 0 aliphatic heterocycles. The Kier molecular flexibility index (Phi) is 7.99. The highest BCUT2D eigenvalue weighted by molar-refractivity contribution is 7.89. The highest BCUT2D eigenvalue weighted by Crippen LogP contribution is 2.27. The van der Waals surface area contributed by atoms with Gasteiger partial charge < -0.3 is 14.6 Å². The van der Waals surface area contributed by atoms with Crippen molar-refractivity contribution in [3.05, 3.63) is 47.2 Å². The number of imidazole rings is 1. The average molecular weight is 493 g/mol. The van der Waals surface area contributed by atoms with Crippen LogP contribution >= 0.6 is 11.6 Å². The second kappa shape index (κ2) is 10.5. The Morgan fingerprint density at radius 1 is 1.21 bits per heavy atom. The fourth-order valence-electron chi connectivity index (χ4n) is 3.48. The monoisotopic (exact) mass is 492 g/mol. The van der Waals surface area contributed by atoms with Crippen molar-refractivity contribution in [2.24, 2.45) is 0 Å². The van der Waals surface area contributed by atoms with Crippen LogP contribution in [0.1, 0.15) is 32.0 Å². The summed E-state index contributed by atoms with van der Waals surface area (Å²) in [6.07, 6.45) is 2.60. The van der Waals surface area contributed by atoms with Crippen LogP contribution in [-0.4, -0.2) is 49.4 Å². The van der Waals surface area contributed by atoms with Crippen LogP contribution in [0.4, 0.5) is 5.69 Å². The number of aromatic nitrogens is 2. The number of fused-ring (bicyclic) bond motifs is 1. The van der Waals surface area contributed by atoms with Gasteiger partial charge >= 0.3 is 0 Å². The van der Waals surface area contributed by atoms with Crippen LogP contribution in [-0.2, 0) is 27.8 Å². The summed E-state index contributed by atoms with van der Waals surface area (Å²) in [4.78, 5) is 17.4. The molecule has 1 N–H and O–H groups in total. The number of anilines is 1. The maximum atomic E-state index is 12.5. The minimum atomic E-state index is -3.56. The van der Waals surface area contributed by atoms with Crippen molar-refractivity contribution in [3.8, 4) is 5.75 Å². The van der Waals surface area contributed by atoms with Gasteiger partial charge in [-0.2, -0.15) is 0 Å². The van der Waals surface area contributed by atoms with Crippen molar-refractivity contribution in [2.75, 3.05) is 26.5 Å². The molecule has 1 aromatic heterocycles. The molecule has 0 aliphatic rings. The number of carbonyl (C=O) groups is 1. The third kappa shape index (κ3) is 5.66. The van der Waals surface area contributed by atoms with E-state index in [2.05, 4.69) is 21.8 Å². The SMILES string of the molecule is CCCCn1c(CCC(=O)Nc2ccc(OC)c(Cl)c2)nc2cc(S(=O)(=O)N(C)C)ccc21. The lowest BCUT2D eigenvalue weighted by atomic mass is 10.2. The number of carbonyl (C=O) groups excluding carboxylic acids is 1. The van der Waals surface area contributed by atoms with E-state index in [1.165, 1.54) is 25.5 Å². The van der Waals surface area contributed by atoms with Gasteiger partial charge in [0.25, 0.3) is 0 Å². The first kappa shape index (κ1) is 25.0. The molecule has 0 saturated heterocycles. The molecular formula is C23H29ClN4O4S. The molecule has 0 saturated carbocycles. The Morgan fingerprint density at radius 2 is 1.97 bits per heavy atom. The number of unbranched alkanes of at least 4 members (excludes halogenated alkanes) is 1. The minimum Gasteiger partial charge on any atom is -0.495 e. The van der Waals surface area contributed by atoms with E-state index < -0.39 is 10.0 Å². The molecule has 2 aromatic carbocycles. The van der Waals surface area contributed by atoms with Crippen molar-refractivity contribution >= 4 is 44.3 Å². The topological polar surface area (TPSA) is 93.5 Å². The predicted molar refractivity (Wildman–Crippen MR) is 130 cm³/mol. The molecule has 1 heterocycles.